The lowest BCUT2D eigenvalue weighted by molar-refractivity contribution is -0.140. The second-order valence-electron chi connectivity index (χ2n) is 6.99. The van der Waals surface area contributed by atoms with E-state index in [1.54, 1.807) is 12.1 Å². The van der Waals surface area contributed by atoms with E-state index in [4.69, 9.17) is 37.4 Å². The zero-order valence-electron chi connectivity index (χ0n) is 17.2. The standard InChI is InChI=1S/C22H15Cl2NO8/c1-31-21(29)11-7-33-8-25(16(11)22(30)32-2)17-12-13(20(28)15(24)14(17)23)19(27)10-6-4-3-5-9(10)18(12)26/h3-6,28H,7-8H2,1-2H3. The molecule has 1 aliphatic heterocycles. The van der Waals surface area contributed by atoms with Crippen molar-refractivity contribution >= 4 is 52.4 Å². The van der Waals surface area contributed by atoms with Gasteiger partial charge in [-0.25, -0.2) is 9.59 Å². The van der Waals surface area contributed by atoms with Crippen molar-refractivity contribution in [2.75, 3.05) is 32.5 Å². The fraction of sp³-hybridized carbons (Fsp3) is 0.182. The molecule has 0 radical (unpaired) electrons. The van der Waals surface area contributed by atoms with Gasteiger partial charge in [-0.1, -0.05) is 47.5 Å². The van der Waals surface area contributed by atoms with Gasteiger partial charge < -0.3 is 24.2 Å². The number of rotatable bonds is 3. The Hall–Kier alpha value is -3.40. The molecule has 0 amide bonds. The molecule has 2 aliphatic rings. The molecule has 1 heterocycles. The molecule has 0 saturated carbocycles. The van der Waals surface area contributed by atoms with E-state index in [2.05, 4.69) is 0 Å². The van der Waals surface area contributed by atoms with Gasteiger partial charge in [-0.15, -0.1) is 0 Å². The van der Waals surface area contributed by atoms with E-state index in [1.807, 2.05) is 0 Å². The van der Waals surface area contributed by atoms with Gasteiger partial charge in [0.05, 0.1) is 48.2 Å². The summed E-state index contributed by atoms with van der Waals surface area (Å²) < 4.78 is 15.0. The quantitative estimate of drug-likeness (QED) is 0.551. The minimum atomic E-state index is -0.942. The van der Waals surface area contributed by atoms with Crippen LogP contribution < -0.4 is 4.90 Å². The predicted octanol–water partition coefficient (Wildman–Crippen LogP) is 2.87. The average Bonchev–Trinajstić information content (AvgIpc) is 2.84. The first-order chi connectivity index (χ1) is 15.7. The molecule has 0 bridgehead atoms. The topological polar surface area (TPSA) is 119 Å². The van der Waals surface area contributed by atoms with E-state index in [0.29, 0.717) is 0 Å². The largest absolute Gasteiger partial charge is 0.506 e. The SMILES string of the molecule is COC(=O)C1=C(C(=O)OC)N(c2c(Cl)c(Cl)c(O)c3c2C(=O)c2ccccc2C3=O)COC1. The first-order valence-electron chi connectivity index (χ1n) is 9.41. The number of hydrogen-bond acceptors (Lipinski definition) is 9. The summed E-state index contributed by atoms with van der Waals surface area (Å²) in [5.74, 6) is -3.79. The number of methoxy groups -OCH3 is 2. The number of nitrogens with zero attached hydrogens (tertiary/aromatic N) is 1. The maximum atomic E-state index is 13.5. The monoisotopic (exact) mass is 491 g/mol. The van der Waals surface area contributed by atoms with Crippen molar-refractivity contribution in [3.63, 3.8) is 0 Å². The van der Waals surface area contributed by atoms with Crippen molar-refractivity contribution < 1.29 is 38.5 Å². The number of ether oxygens (including phenoxy) is 3. The fourth-order valence-electron chi connectivity index (χ4n) is 3.83. The molecule has 4 rings (SSSR count). The van der Waals surface area contributed by atoms with Gasteiger partial charge in [-0.2, -0.15) is 0 Å². The van der Waals surface area contributed by atoms with Crippen molar-refractivity contribution in [1.29, 1.82) is 0 Å². The molecular formula is C22H15Cl2NO8. The van der Waals surface area contributed by atoms with E-state index in [9.17, 15) is 24.3 Å². The van der Waals surface area contributed by atoms with Gasteiger partial charge in [-0.05, 0) is 0 Å². The lowest BCUT2D eigenvalue weighted by atomic mass is 9.82. The molecule has 9 nitrogen and oxygen atoms in total. The van der Waals surface area contributed by atoms with Gasteiger partial charge in [0, 0.05) is 11.1 Å². The number of benzene rings is 2. The third kappa shape index (κ3) is 3.36. The summed E-state index contributed by atoms with van der Waals surface area (Å²) in [6.45, 7) is -0.629. The van der Waals surface area contributed by atoms with Gasteiger partial charge in [0.25, 0.3) is 0 Å². The van der Waals surface area contributed by atoms with Crippen LogP contribution in [0.2, 0.25) is 10.0 Å². The van der Waals surface area contributed by atoms with Crippen LogP contribution in [0.15, 0.2) is 35.5 Å². The molecule has 0 fully saturated rings. The Labute approximate surface area is 197 Å². The number of fused-ring (bicyclic) bond motifs is 2. The van der Waals surface area contributed by atoms with Crippen molar-refractivity contribution in [2.45, 2.75) is 0 Å². The number of carbonyl (C=O) groups is 4. The second-order valence-corrected chi connectivity index (χ2v) is 7.75. The van der Waals surface area contributed by atoms with Crippen LogP contribution in [0, 0.1) is 0 Å². The minimum absolute atomic E-state index is 0.0727. The van der Waals surface area contributed by atoms with Gasteiger partial charge in [0.15, 0.2) is 11.6 Å². The predicted molar refractivity (Wildman–Crippen MR) is 116 cm³/mol. The van der Waals surface area contributed by atoms with Crippen molar-refractivity contribution in [2.24, 2.45) is 0 Å². The number of anilines is 1. The molecule has 170 valence electrons. The molecule has 11 heteroatoms. The van der Waals surface area contributed by atoms with Crippen LogP contribution in [-0.2, 0) is 23.8 Å². The van der Waals surface area contributed by atoms with E-state index in [0.717, 1.165) is 19.1 Å². The number of ketones is 2. The highest BCUT2D eigenvalue weighted by Gasteiger charge is 2.42. The Morgan fingerprint density at radius 1 is 0.970 bits per heavy atom. The van der Waals surface area contributed by atoms with Crippen molar-refractivity contribution in [3.05, 3.63) is 67.8 Å². The highest BCUT2D eigenvalue weighted by Crippen LogP contribution is 2.49. The van der Waals surface area contributed by atoms with Crippen molar-refractivity contribution in [1.82, 2.24) is 0 Å². The number of carbonyl (C=O) groups excluding carboxylic acids is 4. The number of phenolic OH excluding ortho intramolecular Hbond substituents is 1. The summed E-state index contributed by atoms with van der Waals surface area (Å²) in [6, 6.07) is 6.04. The Morgan fingerprint density at radius 3 is 2.12 bits per heavy atom. The molecule has 0 atom stereocenters. The Balaban J connectivity index is 2.08. The molecule has 2 aromatic rings. The van der Waals surface area contributed by atoms with E-state index >= 15 is 0 Å². The van der Waals surface area contributed by atoms with Gasteiger partial charge in [0.2, 0.25) is 0 Å². The van der Waals surface area contributed by atoms with Crippen LogP contribution in [0.3, 0.4) is 0 Å². The Kier molecular flexibility index (Phi) is 5.87. The number of halogens is 2. The third-order valence-corrected chi connectivity index (χ3v) is 6.14. The summed E-state index contributed by atoms with van der Waals surface area (Å²) in [4.78, 5) is 52.8. The molecule has 1 N–H and O–H groups in total. The maximum Gasteiger partial charge on any atom is 0.355 e. The van der Waals surface area contributed by atoms with Crippen LogP contribution in [-0.4, -0.2) is 56.2 Å². The van der Waals surface area contributed by atoms with Crippen LogP contribution in [0.5, 0.6) is 5.75 Å². The number of aromatic hydroxyl groups is 1. The lowest BCUT2D eigenvalue weighted by Crippen LogP contribution is -2.40. The summed E-state index contributed by atoms with van der Waals surface area (Å²) in [7, 11) is 2.22. The zero-order valence-corrected chi connectivity index (χ0v) is 18.7. The molecule has 0 aromatic heterocycles. The fourth-order valence-corrected chi connectivity index (χ4v) is 4.30. The zero-order chi connectivity index (χ0) is 24.0. The molecule has 0 unspecified atom stereocenters. The van der Waals surface area contributed by atoms with E-state index in [1.165, 1.54) is 12.1 Å². The lowest BCUT2D eigenvalue weighted by Gasteiger charge is -2.34. The molecular weight excluding hydrogens is 477 g/mol. The number of esters is 2. The molecule has 1 aliphatic carbocycles. The van der Waals surface area contributed by atoms with E-state index < -0.39 is 34.3 Å². The molecule has 0 saturated heterocycles. The highest BCUT2D eigenvalue weighted by molar-refractivity contribution is 6.47. The highest BCUT2D eigenvalue weighted by atomic mass is 35.5. The summed E-state index contributed by atoms with van der Waals surface area (Å²) in [6.07, 6.45) is 0. The van der Waals surface area contributed by atoms with E-state index in [-0.39, 0.29) is 57.6 Å². The molecule has 0 spiro atoms. The third-order valence-electron chi connectivity index (χ3n) is 5.31. The normalized spacial score (nSPS) is 15.2. The Bertz CT molecular complexity index is 1280. The minimum Gasteiger partial charge on any atom is -0.506 e. The molecule has 33 heavy (non-hydrogen) atoms. The van der Waals surface area contributed by atoms with Crippen LogP contribution >= 0.6 is 23.2 Å². The average molecular weight is 492 g/mol. The summed E-state index contributed by atoms with van der Waals surface area (Å²) in [5.41, 5.74) is -1.21. The van der Waals surface area contributed by atoms with Gasteiger partial charge in [0.1, 0.15) is 23.2 Å². The van der Waals surface area contributed by atoms with Crippen LogP contribution in [0.1, 0.15) is 31.8 Å². The molecule has 2 aromatic carbocycles. The van der Waals surface area contributed by atoms with Gasteiger partial charge >= 0.3 is 11.9 Å². The number of hydrogen-bond donors (Lipinski definition) is 1. The second kappa shape index (κ2) is 8.51. The first kappa shape index (κ1) is 22.8. The van der Waals surface area contributed by atoms with Crippen LogP contribution in [0.25, 0.3) is 0 Å². The number of phenols is 1. The summed E-state index contributed by atoms with van der Waals surface area (Å²) in [5, 5.41) is 9.90. The van der Waals surface area contributed by atoms with Gasteiger partial charge in [-0.3, -0.25) is 9.59 Å². The van der Waals surface area contributed by atoms with Crippen molar-refractivity contribution in [3.8, 4) is 5.75 Å². The van der Waals surface area contributed by atoms with Crippen LogP contribution in [0.4, 0.5) is 5.69 Å². The summed E-state index contributed by atoms with van der Waals surface area (Å²) >= 11 is 12.7. The first-order valence-corrected chi connectivity index (χ1v) is 10.2. The maximum absolute atomic E-state index is 13.5. The smallest absolute Gasteiger partial charge is 0.355 e. The Morgan fingerprint density at radius 2 is 1.55 bits per heavy atom.